The Morgan fingerprint density at radius 2 is 2.11 bits per heavy atom. The molecule has 0 atom stereocenters. The molecular formula is C13H23N5O. The number of nitrogens with two attached hydrogens (primary N) is 1. The molecule has 1 aliphatic rings. The van der Waals surface area contributed by atoms with Crippen molar-refractivity contribution in [2.75, 3.05) is 50.0 Å². The van der Waals surface area contributed by atoms with Crippen molar-refractivity contribution in [1.82, 2.24) is 14.9 Å². The van der Waals surface area contributed by atoms with Crippen molar-refractivity contribution in [3.05, 3.63) is 11.9 Å². The SMILES string of the molecule is CCc1c(N)ncnc1N1CCCN(CCO)CC1. The Kier molecular flexibility index (Phi) is 4.93. The van der Waals surface area contributed by atoms with Gasteiger partial charge in [0, 0.05) is 31.7 Å². The van der Waals surface area contributed by atoms with Gasteiger partial charge in [-0.3, -0.25) is 4.90 Å². The van der Waals surface area contributed by atoms with Crippen LogP contribution >= 0.6 is 0 Å². The Bertz CT molecular complexity index is 412. The van der Waals surface area contributed by atoms with Crippen LogP contribution in [0.25, 0.3) is 0 Å². The Hall–Kier alpha value is -1.40. The standard InChI is InChI=1S/C13H23N5O/c1-2-11-12(14)15-10-16-13(11)18-5-3-4-17(6-7-18)8-9-19/h10,19H,2-9H2,1H3,(H2,14,15,16). The molecule has 1 saturated heterocycles. The van der Waals surface area contributed by atoms with E-state index in [0.29, 0.717) is 5.82 Å². The molecule has 2 heterocycles. The normalized spacial score (nSPS) is 17.5. The van der Waals surface area contributed by atoms with E-state index in [4.69, 9.17) is 10.8 Å². The lowest BCUT2D eigenvalue weighted by Crippen LogP contribution is -2.33. The van der Waals surface area contributed by atoms with Crippen molar-refractivity contribution in [3.63, 3.8) is 0 Å². The summed E-state index contributed by atoms with van der Waals surface area (Å²) in [5, 5.41) is 9.02. The molecule has 1 aliphatic heterocycles. The Labute approximate surface area is 114 Å². The van der Waals surface area contributed by atoms with Gasteiger partial charge in [0.25, 0.3) is 0 Å². The summed E-state index contributed by atoms with van der Waals surface area (Å²) in [6, 6.07) is 0. The molecule has 0 radical (unpaired) electrons. The monoisotopic (exact) mass is 265 g/mol. The molecule has 1 fully saturated rings. The first-order chi connectivity index (χ1) is 9.26. The zero-order valence-electron chi connectivity index (χ0n) is 11.5. The van der Waals surface area contributed by atoms with Crippen LogP contribution < -0.4 is 10.6 Å². The van der Waals surface area contributed by atoms with Crippen LogP contribution in [0.2, 0.25) is 0 Å². The van der Waals surface area contributed by atoms with Crippen LogP contribution in [0.3, 0.4) is 0 Å². The van der Waals surface area contributed by atoms with E-state index < -0.39 is 0 Å². The summed E-state index contributed by atoms with van der Waals surface area (Å²) in [7, 11) is 0. The molecule has 6 nitrogen and oxygen atoms in total. The molecule has 3 N–H and O–H groups in total. The van der Waals surface area contributed by atoms with Crippen LogP contribution in [0.15, 0.2) is 6.33 Å². The van der Waals surface area contributed by atoms with Crippen LogP contribution in [0.4, 0.5) is 11.6 Å². The molecule has 0 bridgehead atoms. The van der Waals surface area contributed by atoms with E-state index >= 15 is 0 Å². The smallest absolute Gasteiger partial charge is 0.137 e. The molecule has 0 amide bonds. The number of rotatable bonds is 4. The third kappa shape index (κ3) is 3.33. The van der Waals surface area contributed by atoms with Crippen LogP contribution in [-0.2, 0) is 6.42 Å². The maximum atomic E-state index is 9.02. The predicted octanol–water partition coefficient (Wildman–Crippen LogP) is 0.126. The first-order valence-corrected chi connectivity index (χ1v) is 6.93. The van der Waals surface area contributed by atoms with E-state index in [0.717, 1.165) is 56.9 Å². The summed E-state index contributed by atoms with van der Waals surface area (Å²) in [6.07, 6.45) is 3.46. The maximum Gasteiger partial charge on any atom is 0.137 e. The van der Waals surface area contributed by atoms with Gasteiger partial charge in [0.05, 0.1) is 6.61 Å². The molecule has 0 aromatic carbocycles. The number of β-amino-alcohol motifs (C(OH)–C–C–N with tert-alkyl or cyclic N) is 1. The predicted molar refractivity (Wildman–Crippen MR) is 76.2 cm³/mol. The summed E-state index contributed by atoms with van der Waals surface area (Å²) in [5.74, 6) is 1.56. The zero-order valence-corrected chi connectivity index (χ0v) is 11.5. The Balaban J connectivity index is 2.12. The summed E-state index contributed by atoms with van der Waals surface area (Å²) in [5.41, 5.74) is 6.97. The Morgan fingerprint density at radius 1 is 1.26 bits per heavy atom. The second-order valence-corrected chi connectivity index (χ2v) is 4.82. The van der Waals surface area contributed by atoms with E-state index in [2.05, 4.69) is 26.7 Å². The molecule has 0 aliphatic carbocycles. The minimum atomic E-state index is 0.223. The summed E-state index contributed by atoms with van der Waals surface area (Å²) in [4.78, 5) is 13.1. The summed E-state index contributed by atoms with van der Waals surface area (Å²) >= 11 is 0. The minimum Gasteiger partial charge on any atom is -0.395 e. The molecule has 106 valence electrons. The molecule has 2 rings (SSSR count). The number of nitrogens with zero attached hydrogens (tertiary/aromatic N) is 4. The van der Waals surface area contributed by atoms with E-state index in [1.165, 1.54) is 0 Å². The third-order valence-electron chi connectivity index (χ3n) is 3.61. The van der Waals surface area contributed by atoms with Gasteiger partial charge in [0.1, 0.15) is 18.0 Å². The minimum absolute atomic E-state index is 0.223. The lowest BCUT2D eigenvalue weighted by molar-refractivity contribution is 0.204. The highest BCUT2D eigenvalue weighted by Crippen LogP contribution is 2.23. The van der Waals surface area contributed by atoms with Gasteiger partial charge in [0.2, 0.25) is 0 Å². The first-order valence-electron chi connectivity index (χ1n) is 6.93. The lowest BCUT2D eigenvalue weighted by Gasteiger charge is -2.24. The molecule has 19 heavy (non-hydrogen) atoms. The molecule has 1 aromatic rings. The van der Waals surface area contributed by atoms with E-state index in [-0.39, 0.29) is 6.61 Å². The molecule has 0 saturated carbocycles. The molecular weight excluding hydrogens is 242 g/mol. The van der Waals surface area contributed by atoms with Crippen LogP contribution in [-0.4, -0.2) is 59.3 Å². The van der Waals surface area contributed by atoms with Gasteiger partial charge in [-0.2, -0.15) is 0 Å². The average Bonchev–Trinajstić information content (AvgIpc) is 2.64. The van der Waals surface area contributed by atoms with Crippen molar-refractivity contribution >= 4 is 11.6 Å². The van der Waals surface area contributed by atoms with E-state index in [1.54, 1.807) is 6.33 Å². The van der Waals surface area contributed by atoms with Crippen LogP contribution in [0, 0.1) is 0 Å². The summed E-state index contributed by atoms with van der Waals surface area (Å²) < 4.78 is 0. The maximum absolute atomic E-state index is 9.02. The number of aliphatic hydroxyl groups excluding tert-OH is 1. The van der Waals surface area contributed by atoms with E-state index in [9.17, 15) is 0 Å². The molecule has 1 aromatic heterocycles. The number of nitrogen functional groups attached to an aromatic ring is 1. The number of anilines is 2. The first kappa shape index (κ1) is 14.0. The van der Waals surface area contributed by atoms with Gasteiger partial charge in [0.15, 0.2) is 0 Å². The highest BCUT2D eigenvalue weighted by atomic mass is 16.3. The number of aromatic nitrogens is 2. The van der Waals surface area contributed by atoms with Gasteiger partial charge in [-0.05, 0) is 19.4 Å². The Morgan fingerprint density at radius 3 is 2.84 bits per heavy atom. The highest BCUT2D eigenvalue weighted by molar-refractivity contribution is 5.56. The van der Waals surface area contributed by atoms with Gasteiger partial charge in [-0.25, -0.2) is 9.97 Å². The average molecular weight is 265 g/mol. The largest absolute Gasteiger partial charge is 0.395 e. The van der Waals surface area contributed by atoms with Gasteiger partial charge in [-0.15, -0.1) is 0 Å². The fourth-order valence-corrected chi connectivity index (χ4v) is 2.58. The molecule has 0 spiro atoms. The quantitative estimate of drug-likeness (QED) is 0.805. The van der Waals surface area contributed by atoms with Crippen molar-refractivity contribution < 1.29 is 5.11 Å². The second kappa shape index (κ2) is 6.68. The van der Waals surface area contributed by atoms with E-state index in [1.807, 2.05) is 0 Å². The van der Waals surface area contributed by atoms with Gasteiger partial charge in [-0.1, -0.05) is 6.92 Å². The van der Waals surface area contributed by atoms with Crippen LogP contribution in [0.1, 0.15) is 18.9 Å². The van der Waals surface area contributed by atoms with Crippen LogP contribution in [0.5, 0.6) is 0 Å². The zero-order chi connectivity index (χ0) is 13.7. The second-order valence-electron chi connectivity index (χ2n) is 4.82. The molecule has 6 heteroatoms. The summed E-state index contributed by atoms with van der Waals surface area (Å²) in [6.45, 7) is 6.93. The fourth-order valence-electron chi connectivity index (χ4n) is 2.58. The third-order valence-corrected chi connectivity index (χ3v) is 3.61. The topological polar surface area (TPSA) is 78.5 Å². The van der Waals surface area contributed by atoms with Crippen molar-refractivity contribution in [3.8, 4) is 0 Å². The van der Waals surface area contributed by atoms with Crippen molar-refractivity contribution in [1.29, 1.82) is 0 Å². The lowest BCUT2D eigenvalue weighted by atomic mass is 10.2. The highest BCUT2D eigenvalue weighted by Gasteiger charge is 2.18. The van der Waals surface area contributed by atoms with Gasteiger partial charge >= 0.3 is 0 Å². The number of aliphatic hydroxyl groups is 1. The van der Waals surface area contributed by atoms with Crippen molar-refractivity contribution in [2.24, 2.45) is 0 Å². The fraction of sp³-hybridized carbons (Fsp3) is 0.692. The van der Waals surface area contributed by atoms with Gasteiger partial charge < -0.3 is 15.7 Å². The molecule has 0 unspecified atom stereocenters. The van der Waals surface area contributed by atoms with Crippen molar-refractivity contribution in [2.45, 2.75) is 19.8 Å². The number of hydrogen-bond donors (Lipinski definition) is 2. The number of hydrogen-bond acceptors (Lipinski definition) is 6.